The zero-order chi connectivity index (χ0) is 12.6. The fourth-order valence-corrected chi connectivity index (χ4v) is 1.26. The Morgan fingerprint density at radius 3 is 2.38 bits per heavy atom. The summed E-state index contributed by atoms with van der Waals surface area (Å²) in [6.07, 6.45) is 0. The van der Waals surface area contributed by atoms with E-state index in [4.69, 9.17) is 14.6 Å². The fourth-order valence-electron chi connectivity index (χ4n) is 1.26. The lowest BCUT2D eigenvalue weighted by molar-refractivity contribution is -0.147. The number of ether oxygens (including phenoxy) is 2. The molecule has 6 heteroatoms. The van der Waals surface area contributed by atoms with Crippen LogP contribution >= 0.6 is 0 Å². The molecule has 0 aliphatic carbocycles. The summed E-state index contributed by atoms with van der Waals surface area (Å²) in [5.41, 5.74) is 0. The maximum Gasteiger partial charge on any atom is 0.323 e. The van der Waals surface area contributed by atoms with Crippen LogP contribution in [0.5, 0.6) is 0 Å². The van der Waals surface area contributed by atoms with Crippen molar-refractivity contribution in [3.8, 4) is 0 Å². The predicted molar refractivity (Wildman–Crippen MR) is 57.1 cm³/mol. The molecule has 0 radical (unpaired) electrons. The van der Waals surface area contributed by atoms with Gasteiger partial charge < -0.3 is 19.5 Å². The van der Waals surface area contributed by atoms with Crippen LogP contribution in [0.2, 0.25) is 0 Å². The third-order valence-corrected chi connectivity index (χ3v) is 2.04. The van der Waals surface area contributed by atoms with Crippen molar-refractivity contribution in [2.75, 3.05) is 40.5 Å². The maximum atomic E-state index is 11.8. The number of carbonyl (C=O) groups is 2. The number of aliphatic carboxylic acids is 1. The van der Waals surface area contributed by atoms with Crippen LogP contribution in [-0.4, -0.2) is 62.4 Å². The highest BCUT2D eigenvalue weighted by molar-refractivity contribution is 5.82. The van der Waals surface area contributed by atoms with Crippen molar-refractivity contribution in [1.82, 2.24) is 4.90 Å². The number of methoxy groups -OCH3 is 2. The van der Waals surface area contributed by atoms with Crippen LogP contribution in [0.25, 0.3) is 0 Å². The molecule has 0 bridgehead atoms. The summed E-state index contributed by atoms with van der Waals surface area (Å²) in [5, 5.41) is 8.68. The monoisotopic (exact) mass is 233 g/mol. The number of nitrogens with zero attached hydrogens (tertiary/aromatic N) is 1. The van der Waals surface area contributed by atoms with Gasteiger partial charge in [-0.3, -0.25) is 9.59 Å². The largest absolute Gasteiger partial charge is 0.480 e. The number of hydrogen-bond acceptors (Lipinski definition) is 4. The van der Waals surface area contributed by atoms with Crippen molar-refractivity contribution in [1.29, 1.82) is 0 Å². The van der Waals surface area contributed by atoms with E-state index < -0.39 is 5.97 Å². The molecule has 0 rings (SSSR count). The van der Waals surface area contributed by atoms with Gasteiger partial charge >= 0.3 is 5.97 Å². The van der Waals surface area contributed by atoms with E-state index in [0.717, 1.165) is 0 Å². The number of hydrogen-bond donors (Lipinski definition) is 1. The molecule has 0 aromatic rings. The minimum absolute atomic E-state index is 0.235. The van der Waals surface area contributed by atoms with Gasteiger partial charge in [-0.15, -0.1) is 0 Å². The maximum absolute atomic E-state index is 11.8. The second kappa shape index (κ2) is 8.06. The molecule has 6 nitrogen and oxygen atoms in total. The zero-order valence-electron chi connectivity index (χ0n) is 9.93. The van der Waals surface area contributed by atoms with Crippen molar-refractivity contribution >= 4 is 11.9 Å². The third-order valence-electron chi connectivity index (χ3n) is 2.04. The van der Waals surface area contributed by atoms with E-state index in [-0.39, 0.29) is 31.5 Å². The lowest BCUT2D eigenvalue weighted by Gasteiger charge is -2.23. The number of carbonyl (C=O) groups excluding carboxylic acids is 1. The highest BCUT2D eigenvalue weighted by Crippen LogP contribution is 2.03. The average Bonchev–Trinajstić information content (AvgIpc) is 2.23. The van der Waals surface area contributed by atoms with Gasteiger partial charge in [0.15, 0.2) is 0 Å². The quantitative estimate of drug-likeness (QED) is 0.630. The summed E-state index contributed by atoms with van der Waals surface area (Å²) in [4.78, 5) is 23.7. The van der Waals surface area contributed by atoms with E-state index in [2.05, 4.69) is 0 Å². The molecule has 0 aliphatic heterocycles. The lowest BCUT2D eigenvalue weighted by Crippen LogP contribution is -2.41. The number of carboxylic acids is 1. The van der Waals surface area contributed by atoms with Crippen molar-refractivity contribution in [2.24, 2.45) is 5.92 Å². The van der Waals surface area contributed by atoms with E-state index in [9.17, 15) is 9.59 Å². The van der Waals surface area contributed by atoms with Crippen LogP contribution in [0.15, 0.2) is 0 Å². The first-order valence-corrected chi connectivity index (χ1v) is 5.01. The molecule has 1 N–H and O–H groups in total. The minimum atomic E-state index is -1.03. The van der Waals surface area contributed by atoms with Gasteiger partial charge in [-0.05, 0) is 0 Å². The van der Waals surface area contributed by atoms with E-state index in [1.54, 1.807) is 6.92 Å². The Balaban J connectivity index is 4.35. The molecule has 1 amide bonds. The molecule has 0 fully saturated rings. The molecule has 0 spiro atoms. The van der Waals surface area contributed by atoms with Gasteiger partial charge in [0, 0.05) is 20.8 Å². The minimum Gasteiger partial charge on any atom is -0.480 e. The summed E-state index contributed by atoms with van der Waals surface area (Å²) in [5.74, 6) is -1.61. The standard InChI is InChI=1S/C10H19NO5/c1-8(7-16-3)10(14)11(4-5-15-2)6-9(12)13/h8H,4-7H2,1-3H3,(H,12,13). The fraction of sp³-hybridized carbons (Fsp3) is 0.800. The van der Waals surface area contributed by atoms with Gasteiger partial charge in [-0.25, -0.2) is 0 Å². The summed E-state index contributed by atoms with van der Waals surface area (Å²) < 4.78 is 9.68. The molecule has 0 aliphatic rings. The van der Waals surface area contributed by atoms with Gasteiger partial charge in [0.2, 0.25) is 5.91 Å². The normalized spacial score (nSPS) is 12.2. The summed E-state index contributed by atoms with van der Waals surface area (Å²) >= 11 is 0. The zero-order valence-corrected chi connectivity index (χ0v) is 9.93. The number of amides is 1. The van der Waals surface area contributed by atoms with Crippen LogP contribution in [0.4, 0.5) is 0 Å². The molecule has 1 unspecified atom stereocenters. The number of carboxylic acid groups (broad SMARTS) is 1. The van der Waals surface area contributed by atoms with E-state index in [0.29, 0.717) is 6.61 Å². The van der Waals surface area contributed by atoms with E-state index in [1.807, 2.05) is 0 Å². The smallest absolute Gasteiger partial charge is 0.323 e. The second-order valence-electron chi connectivity index (χ2n) is 3.50. The van der Waals surface area contributed by atoms with Crippen molar-refractivity contribution in [3.05, 3.63) is 0 Å². The first-order valence-electron chi connectivity index (χ1n) is 5.01. The summed E-state index contributed by atoms with van der Waals surface area (Å²) in [6.45, 7) is 2.26. The Morgan fingerprint density at radius 2 is 1.94 bits per heavy atom. The molecule has 16 heavy (non-hydrogen) atoms. The SMILES string of the molecule is COCCN(CC(=O)O)C(=O)C(C)COC. The molecule has 0 aromatic carbocycles. The first-order chi connectivity index (χ1) is 7.52. The van der Waals surface area contributed by atoms with Crippen LogP contribution < -0.4 is 0 Å². The Bertz CT molecular complexity index is 231. The van der Waals surface area contributed by atoms with Gasteiger partial charge in [0.25, 0.3) is 0 Å². The highest BCUT2D eigenvalue weighted by atomic mass is 16.5. The van der Waals surface area contributed by atoms with Gasteiger partial charge in [-0.2, -0.15) is 0 Å². The number of rotatable bonds is 8. The van der Waals surface area contributed by atoms with E-state index >= 15 is 0 Å². The van der Waals surface area contributed by atoms with E-state index in [1.165, 1.54) is 19.1 Å². The van der Waals surface area contributed by atoms with Gasteiger partial charge in [0.05, 0.1) is 19.1 Å². The Labute approximate surface area is 95.1 Å². The highest BCUT2D eigenvalue weighted by Gasteiger charge is 2.21. The summed E-state index contributed by atoms with van der Waals surface area (Å²) in [6, 6.07) is 0. The second-order valence-corrected chi connectivity index (χ2v) is 3.50. The first kappa shape index (κ1) is 14.9. The Kier molecular flexibility index (Phi) is 7.49. The molecule has 94 valence electrons. The summed E-state index contributed by atoms with van der Waals surface area (Å²) in [7, 11) is 3.00. The van der Waals surface area contributed by atoms with Crippen LogP contribution in [0, 0.1) is 5.92 Å². The van der Waals surface area contributed by atoms with Crippen molar-refractivity contribution in [3.63, 3.8) is 0 Å². The van der Waals surface area contributed by atoms with Crippen LogP contribution in [0.1, 0.15) is 6.92 Å². The molecular formula is C10H19NO5. The Hall–Kier alpha value is -1.14. The molecule has 0 heterocycles. The molecular weight excluding hydrogens is 214 g/mol. The Morgan fingerprint density at radius 1 is 1.31 bits per heavy atom. The van der Waals surface area contributed by atoms with Crippen molar-refractivity contribution < 1.29 is 24.2 Å². The molecule has 0 aromatic heterocycles. The van der Waals surface area contributed by atoms with Crippen LogP contribution in [0.3, 0.4) is 0 Å². The topological polar surface area (TPSA) is 76.1 Å². The van der Waals surface area contributed by atoms with Crippen molar-refractivity contribution in [2.45, 2.75) is 6.92 Å². The predicted octanol–water partition coefficient (Wildman–Crippen LogP) is -0.171. The van der Waals surface area contributed by atoms with Gasteiger partial charge in [-0.1, -0.05) is 6.92 Å². The average molecular weight is 233 g/mol. The lowest BCUT2D eigenvalue weighted by atomic mass is 10.1. The van der Waals surface area contributed by atoms with Gasteiger partial charge in [0.1, 0.15) is 6.54 Å². The third kappa shape index (κ3) is 5.67. The molecule has 0 saturated heterocycles. The molecule has 0 saturated carbocycles. The molecule has 1 atom stereocenters. The van der Waals surface area contributed by atoms with Crippen LogP contribution in [-0.2, 0) is 19.1 Å².